The molecule has 0 radical (unpaired) electrons. The molecule has 4 heteroatoms. The summed E-state index contributed by atoms with van der Waals surface area (Å²) < 4.78 is 6.22. The van der Waals surface area contributed by atoms with Gasteiger partial charge in [0.1, 0.15) is 0 Å². The second-order valence-corrected chi connectivity index (χ2v) is 15.9. The van der Waals surface area contributed by atoms with Crippen LogP contribution in [0.3, 0.4) is 0 Å². The number of rotatable bonds is 19. The molecule has 0 unspecified atom stereocenters. The number of hydrogen-bond acceptors (Lipinski definition) is 3. The quantitative estimate of drug-likeness (QED) is 0.157. The van der Waals surface area contributed by atoms with Crippen molar-refractivity contribution in [1.29, 1.82) is 0 Å². The summed E-state index contributed by atoms with van der Waals surface area (Å²) in [6.45, 7) is 16.2. The highest BCUT2D eigenvalue weighted by Gasteiger charge is 2.37. The maximum atomic E-state index is 10.5. The number of hydrogen-bond donors (Lipinski definition) is 2. The lowest BCUT2D eigenvalue weighted by Crippen LogP contribution is -2.41. The fourth-order valence-electron chi connectivity index (χ4n) is 3.63. The van der Waals surface area contributed by atoms with Gasteiger partial charge in [0.2, 0.25) is 0 Å². The third kappa shape index (κ3) is 14.2. The van der Waals surface area contributed by atoms with Crippen molar-refractivity contribution >= 4 is 8.32 Å². The predicted octanol–water partition coefficient (Wildman–Crippen LogP) is 7.85. The Kier molecular flexibility index (Phi) is 16.7. The van der Waals surface area contributed by atoms with Crippen LogP contribution in [0.2, 0.25) is 18.1 Å². The molecule has 0 aliphatic rings. The molecule has 0 amide bonds. The molecular weight excluding hydrogens is 388 g/mol. The SMILES string of the molecule is CCCCCCCCCCCCCC[C@@H](O)[C@@H](O)[C@@H](C)CCO[Si](C)(C)C(C)(C)C. The Balaban J connectivity index is 3.72. The molecule has 0 rings (SSSR count). The molecule has 0 saturated carbocycles. The van der Waals surface area contributed by atoms with E-state index >= 15 is 0 Å². The molecule has 3 nitrogen and oxygen atoms in total. The maximum absolute atomic E-state index is 10.5. The molecule has 2 N–H and O–H groups in total. The zero-order chi connectivity index (χ0) is 23.0. The minimum Gasteiger partial charge on any atom is -0.417 e. The van der Waals surface area contributed by atoms with Crippen LogP contribution >= 0.6 is 0 Å². The molecule has 182 valence electrons. The smallest absolute Gasteiger partial charge is 0.191 e. The van der Waals surface area contributed by atoms with Crippen LogP contribution in [-0.2, 0) is 4.43 Å². The van der Waals surface area contributed by atoms with Crippen molar-refractivity contribution in [2.24, 2.45) is 5.92 Å². The normalized spacial score (nSPS) is 15.9. The lowest BCUT2D eigenvalue weighted by molar-refractivity contribution is -0.0225. The van der Waals surface area contributed by atoms with Gasteiger partial charge in [0.15, 0.2) is 8.32 Å². The van der Waals surface area contributed by atoms with Crippen LogP contribution in [0.15, 0.2) is 0 Å². The van der Waals surface area contributed by atoms with E-state index in [-0.39, 0.29) is 11.0 Å². The second-order valence-electron chi connectivity index (χ2n) is 11.1. The summed E-state index contributed by atoms with van der Waals surface area (Å²) in [4.78, 5) is 0. The molecule has 0 bridgehead atoms. The molecule has 0 fully saturated rings. The standard InChI is InChI=1S/C26H56O3Si/c1-8-9-10-11-12-13-14-15-16-17-18-19-20-24(27)25(28)23(2)21-22-29-30(6,7)26(3,4)5/h23-25,27-28H,8-22H2,1-7H3/t23-,24+,25-/m0/s1. The van der Waals surface area contributed by atoms with E-state index in [4.69, 9.17) is 4.43 Å². The summed E-state index contributed by atoms with van der Waals surface area (Å²) in [5.41, 5.74) is 0. The van der Waals surface area contributed by atoms with Gasteiger partial charge in [-0.2, -0.15) is 0 Å². The van der Waals surface area contributed by atoms with E-state index in [1.54, 1.807) is 0 Å². The lowest BCUT2D eigenvalue weighted by Gasteiger charge is -2.36. The van der Waals surface area contributed by atoms with Gasteiger partial charge in [-0.15, -0.1) is 0 Å². The van der Waals surface area contributed by atoms with Gasteiger partial charge in [-0.3, -0.25) is 0 Å². The van der Waals surface area contributed by atoms with Crippen molar-refractivity contribution in [1.82, 2.24) is 0 Å². The molecule has 0 spiro atoms. The summed E-state index contributed by atoms with van der Waals surface area (Å²) in [6.07, 6.45) is 16.1. The average molecular weight is 445 g/mol. The highest BCUT2D eigenvalue weighted by atomic mass is 28.4. The van der Waals surface area contributed by atoms with Crippen LogP contribution in [0, 0.1) is 5.92 Å². The van der Waals surface area contributed by atoms with Crippen LogP contribution in [0.1, 0.15) is 125 Å². The molecule has 0 aromatic heterocycles. The minimum absolute atomic E-state index is 0.0714. The molecule has 3 atom stereocenters. The van der Waals surface area contributed by atoms with Crippen LogP contribution in [0.25, 0.3) is 0 Å². The van der Waals surface area contributed by atoms with Gasteiger partial charge in [-0.1, -0.05) is 112 Å². The fraction of sp³-hybridized carbons (Fsp3) is 1.00. The molecule has 0 aliphatic heterocycles. The van der Waals surface area contributed by atoms with E-state index in [1.807, 2.05) is 6.92 Å². The van der Waals surface area contributed by atoms with E-state index in [1.165, 1.54) is 70.6 Å². The first-order chi connectivity index (χ1) is 14.0. The predicted molar refractivity (Wildman–Crippen MR) is 135 cm³/mol. The van der Waals surface area contributed by atoms with E-state index in [0.717, 1.165) is 12.8 Å². The van der Waals surface area contributed by atoms with Gasteiger partial charge in [0.25, 0.3) is 0 Å². The first-order valence-electron chi connectivity index (χ1n) is 13.0. The summed E-state index contributed by atoms with van der Waals surface area (Å²) in [5.74, 6) is 0.0714. The largest absolute Gasteiger partial charge is 0.417 e. The molecule has 0 heterocycles. The molecule has 30 heavy (non-hydrogen) atoms. The van der Waals surface area contributed by atoms with Crippen LogP contribution in [0.4, 0.5) is 0 Å². The van der Waals surface area contributed by atoms with Crippen molar-refractivity contribution < 1.29 is 14.6 Å². The summed E-state index contributed by atoms with van der Waals surface area (Å²) in [7, 11) is -1.73. The number of aliphatic hydroxyl groups is 2. The van der Waals surface area contributed by atoms with Gasteiger partial charge in [0.05, 0.1) is 12.2 Å². The first-order valence-corrected chi connectivity index (χ1v) is 15.9. The minimum atomic E-state index is -1.73. The van der Waals surface area contributed by atoms with E-state index in [2.05, 4.69) is 40.8 Å². The van der Waals surface area contributed by atoms with Crippen molar-refractivity contribution in [2.45, 2.75) is 155 Å². The monoisotopic (exact) mass is 444 g/mol. The van der Waals surface area contributed by atoms with E-state index in [0.29, 0.717) is 13.0 Å². The first kappa shape index (κ1) is 30.1. The second kappa shape index (κ2) is 16.7. The third-order valence-electron chi connectivity index (χ3n) is 7.17. The molecule has 0 aliphatic carbocycles. The summed E-state index contributed by atoms with van der Waals surface area (Å²) in [6, 6.07) is 0. The highest BCUT2D eigenvalue weighted by molar-refractivity contribution is 6.74. The Bertz CT molecular complexity index is 392. The Morgan fingerprint density at radius 2 is 1.17 bits per heavy atom. The highest BCUT2D eigenvalue weighted by Crippen LogP contribution is 2.36. The van der Waals surface area contributed by atoms with Crippen molar-refractivity contribution in [3.8, 4) is 0 Å². The Labute approximate surface area is 190 Å². The fourth-order valence-corrected chi connectivity index (χ4v) is 4.69. The Hall–Kier alpha value is 0.0969. The van der Waals surface area contributed by atoms with Crippen LogP contribution < -0.4 is 0 Å². The number of aliphatic hydroxyl groups excluding tert-OH is 2. The molecular formula is C26H56O3Si. The third-order valence-corrected chi connectivity index (χ3v) is 11.7. The molecule has 0 aromatic rings. The molecule has 0 aromatic carbocycles. The zero-order valence-electron chi connectivity index (χ0n) is 21.6. The lowest BCUT2D eigenvalue weighted by atomic mass is 9.93. The van der Waals surface area contributed by atoms with Crippen molar-refractivity contribution in [3.63, 3.8) is 0 Å². The maximum Gasteiger partial charge on any atom is 0.191 e. The molecule has 0 saturated heterocycles. The zero-order valence-corrected chi connectivity index (χ0v) is 22.6. The van der Waals surface area contributed by atoms with Crippen molar-refractivity contribution in [3.05, 3.63) is 0 Å². The van der Waals surface area contributed by atoms with Gasteiger partial charge in [-0.25, -0.2) is 0 Å². The van der Waals surface area contributed by atoms with E-state index < -0.39 is 20.5 Å². The Morgan fingerprint density at radius 1 is 0.733 bits per heavy atom. The van der Waals surface area contributed by atoms with Crippen LogP contribution in [-0.4, -0.2) is 37.3 Å². The number of unbranched alkanes of at least 4 members (excludes halogenated alkanes) is 11. The summed E-state index contributed by atoms with van der Waals surface area (Å²) in [5, 5.41) is 21.0. The van der Waals surface area contributed by atoms with Gasteiger partial charge < -0.3 is 14.6 Å². The average Bonchev–Trinajstić information content (AvgIpc) is 2.66. The summed E-state index contributed by atoms with van der Waals surface area (Å²) >= 11 is 0. The van der Waals surface area contributed by atoms with Gasteiger partial charge in [0, 0.05) is 6.61 Å². The topological polar surface area (TPSA) is 49.7 Å². The van der Waals surface area contributed by atoms with Gasteiger partial charge >= 0.3 is 0 Å². The van der Waals surface area contributed by atoms with Gasteiger partial charge in [-0.05, 0) is 36.9 Å². The van der Waals surface area contributed by atoms with E-state index in [9.17, 15) is 10.2 Å². The Morgan fingerprint density at radius 3 is 1.60 bits per heavy atom. The van der Waals surface area contributed by atoms with Crippen LogP contribution in [0.5, 0.6) is 0 Å². The van der Waals surface area contributed by atoms with Crippen molar-refractivity contribution in [2.75, 3.05) is 6.61 Å².